The van der Waals surface area contributed by atoms with Crippen molar-refractivity contribution >= 4 is 45.6 Å². The average Bonchev–Trinajstić information content (AvgIpc) is 3.91. The summed E-state index contributed by atoms with van der Waals surface area (Å²) in [5.41, 5.74) is 11.1. The minimum atomic E-state index is -0.589. The van der Waals surface area contributed by atoms with Crippen LogP contribution in [0.5, 0.6) is 0 Å². The molecule has 6 aliphatic rings. The summed E-state index contributed by atoms with van der Waals surface area (Å²) in [6.07, 6.45) is 9.76. The summed E-state index contributed by atoms with van der Waals surface area (Å²) in [7, 11) is 0. The number of nitrogens with one attached hydrogen (secondary N) is 2. The van der Waals surface area contributed by atoms with E-state index in [1.165, 1.54) is 53.6 Å². The number of anilines is 2. The fourth-order valence-electron chi connectivity index (χ4n) is 10.2. The van der Waals surface area contributed by atoms with Crippen LogP contribution in [0.3, 0.4) is 0 Å². The van der Waals surface area contributed by atoms with E-state index in [-0.39, 0.29) is 30.1 Å². The van der Waals surface area contributed by atoms with Gasteiger partial charge < -0.3 is 14.7 Å². The Morgan fingerprint density at radius 2 is 1.50 bits per heavy atom. The summed E-state index contributed by atoms with van der Waals surface area (Å²) in [6.45, 7) is 7.57. The predicted octanol–water partition coefficient (Wildman–Crippen LogP) is 6.44. The molecule has 0 radical (unpaired) electrons. The van der Waals surface area contributed by atoms with Crippen molar-refractivity contribution in [3.63, 3.8) is 0 Å². The fraction of sp³-hybridized carbons (Fsp3) is 0.467. The van der Waals surface area contributed by atoms with Crippen molar-refractivity contribution in [3.05, 3.63) is 93.9 Å². The van der Waals surface area contributed by atoms with Gasteiger partial charge in [0.2, 0.25) is 17.8 Å². The number of piperidine rings is 2. The van der Waals surface area contributed by atoms with Gasteiger partial charge in [-0.05, 0) is 134 Å². The molecule has 11 heteroatoms. The summed E-state index contributed by atoms with van der Waals surface area (Å²) in [5.74, 6) is 0.387. The molecule has 1 saturated carbocycles. The second-order valence-corrected chi connectivity index (χ2v) is 17.0. The molecule has 10 rings (SSSR count). The Labute approximate surface area is 327 Å². The molecule has 0 bridgehead atoms. The molecule has 0 spiro atoms. The van der Waals surface area contributed by atoms with Crippen LogP contribution < -0.4 is 15.1 Å². The molecule has 290 valence electrons. The van der Waals surface area contributed by atoms with Gasteiger partial charge in [0.25, 0.3) is 5.91 Å². The number of carbonyl (C=O) groups is 3. The number of halogens is 1. The number of hydrogen-bond acceptors (Lipinski definition) is 7. The topological polar surface area (TPSA) is 105 Å². The fourth-order valence-corrected chi connectivity index (χ4v) is 10.2. The van der Waals surface area contributed by atoms with Gasteiger partial charge in [-0.3, -0.25) is 29.7 Å². The second kappa shape index (κ2) is 14.5. The zero-order valence-electron chi connectivity index (χ0n) is 32.0. The Kier molecular flexibility index (Phi) is 9.15. The number of nitrogens with zero attached hydrogens (tertiary/aromatic N) is 5. The van der Waals surface area contributed by atoms with Gasteiger partial charge in [-0.1, -0.05) is 23.8 Å². The number of imide groups is 1. The summed E-state index contributed by atoms with van der Waals surface area (Å²) in [5, 5.41) is 9.86. The molecule has 56 heavy (non-hydrogen) atoms. The molecule has 3 aromatic carbocycles. The molecule has 5 heterocycles. The van der Waals surface area contributed by atoms with Crippen molar-refractivity contribution in [2.24, 2.45) is 11.8 Å². The number of aromatic nitrogens is 2. The lowest BCUT2D eigenvalue weighted by Crippen LogP contribution is -2.52. The van der Waals surface area contributed by atoms with Crippen LogP contribution in [0.4, 0.5) is 15.8 Å². The van der Waals surface area contributed by atoms with Gasteiger partial charge in [-0.2, -0.15) is 9.49 Å². The Bertz CT molecular complexity index is 2230. The smallest absolute Gasteiger partial charge is 0.255 e. The van der Waals surface area contributed by atoms with Crippen molar-refractivity contribution in [1.82, 2.24) is 25.3 Å². The molecular formula is C45H50FN7O3. The first-order chi connectivity index (χ1) is 27.4. The maximum atomic E-state index is 15.0. The number of carbonyl (C=O) groups excluding carboxylic acids is 3. The van der Waals surface area contributed by atoms with E-state index in [0.29, 0.717) is 35.3 Å². The molecule has 3 saturated heterocycles. The summed E-state index contributed by atoms with van der Waals surface area (Å²) >= 11 is 0. The maximum Gasteiger partial charge on any atom is 0.255 e. The van der Waals surface area contributed by atoms with Crippen LogP contribution in [-0.4, -0.2) is 89.6 Å². The van der Waals surface area contributed by atoms with Crippen LogP contribution in [-0.2, 0) is 22.6 Å². The Morgan fingerprint density at radius 3 is 2.27 bits per heavy atom. The standard InChI is InChI=1S/C45H50FN7O3/c46-43-42-36-3-1-2-31(24-28-4-5-28)41(37(36)12-13-38(42)48-49-43)30-6-8-33(9-7-30)51-18-16-29(17-19-51)26-50-20-22-52(23-21-50)34-10-11-35-32(25-34)27-53(45(35)56)39-14-15-40(54)47-44(39)55/h6-13,25,28-29,39H,1-5,14-24,26-27H2,(H,48,49)(H,47,54,55)/t39-/m0/s1. The van der Waals surface area contributed by atoms with E-state index < -0.39 is 6.04 Å². The highest BCUT2D eigenvalue weighted by Gasteiger charge is 2.39. The van der Waals surface area contributed by atoms with Crippen LogP contribution in [0, 0.1) is 17.8 Å². The molecule has 4 aromatic rings. The molecule has 2 aliphatic carbocycles. The lowest BCUT2D eigenvalue weighted by molar-refractivity contribution is -0.136. The van der Waals surface area contributed by atoms with Crippen molar-refractivity contribution in [3.8, 4) is 0 Å². The quantitative estimate of drug-likeness (QED) is 0.200. The first kappa shape index (κ1) is 35.4. The van der Waals surface area contributed by atoms with Gasteiger partial charge in [-0.25, -0.2) is 0 Å². The zero-order valence-corrected chi connectivity index (χ0v) is 32.0. The van der Waals surface area contributed by atoms with Gasteiger partial charge in [0, 0.05) is 75.7 Å². The van der Waals surface area contributed by atoms with E-state index in [4.69, 9.17) is 0 Å². The number of aryl methyl sites for hydroxylation is 1. The number of aromatic amines is 1. The van der Waals surface area contributed by atoms with Crippen LogP contribution in [0.2, 0.25) is 0 Å². The van der Waals surface area contributed by atoms with Crippen LogP contribution in [0.1, 0.15) is 90.4 Å². The summed E-state index contributed by atoms with van der Waals surface area (Å²) in [6, 6.07) is 18.9. The highest BCUT2D eigenvalue weighted by Crippen LogP contribution is 2.44. The molecule has 1 aromatic heterocycles. The molecule has 0 unspecified atom stereocenters. The molecule has 4 aliphatic heterocycles. The van der Waals surface area contributed by atoms with Gasteiger partial charge >= 0.3 is 0 Å². The summed E-state index contributed by atoms with van der Waals surface area (Å²) in [4.78, 5) is 46.5. The average molecular weight is 756 g/mol. The molecule has 10 nitrogen and oxygen atoms in total. The largest absolute Gasteiger partial charge is 0.372 e. The number of benzene rings is 3. The van der Waals surface area contributed by atoms with Gasteiger partial charge in [0.15, 0.2) is 0 Å². The van der Waals surface area contributed by atoms with E-state index in [1.54, 1.807) is 4.90 Å². The SMILES string of the molecule is O=C1CC[C@H](N2Cc3cc(N4CCN(CC5CCN(c6ccc(C7=C(CC8CC8)CCCc8c7ccc7n[nH]c(F)c87)cc6)CC5)CC4)ccc3C2=O)C(=O)N1. The third-order valence-electron chi connectivity index (χ3n) is 13.4. The minimum absolute atomic E-state index is 0.124. The summed E-state index contributed by atoms with van der Waals surface area (Å²) < 4.78 is 15.0. The highest BCUT2D eigenvalue weighted by molar-refractivity contribution is 6.05. The Morgan fingerprint density at radius 1 is 0.750 bits per heavy atom. The third-order valence-corrected chi connectivity index (χ3v) is 13.4. The highest BCUT2D eigenvalue weighted by atomic mass is 19.1. The monoisotopic (exact) mass is 755 g/mol. The van der Waals surface area contributed by atoms with Crippen LogP contribution in [0.15, 0.2) is 60.2 Å². The van der Waals surface area contributed by atoms with E-state index in [1.807, 2.05) is 18.2 Å². The van der Waals surface area contributed by atoms with Gasteiger partial charge in [0.1, 0.15) is 6.04 Å². The normalized spacial score (nSPS) is 22.5. The number of hydrogen-bond donors (Lipinski definition) is 2. The van der Waals surface area contributed by atoms with Gasteiger partial charge in [-0.15, -0.1) is 0 Å². The lowest BCUT2D eigenvalue weighted by Gasteiger charge is -2.40. The molecule has 3 amide bonds. The molecular weight excluding hydrogens is 706 g/mol. The molecule has 2 N–H and O–H groups in total. The molecule has 4 fully saturated rings. The Balaban J connectivity index is 0.747. The van der Waals surface area contributed by atoms with Crippen molar-refractivity contribution in [2.75, 3.05) is 55.6 Å². The van der Waals surface area contributed by atoms with Crippen LogP contribution >= 0.6 is 0 Å². The number of allylic oxidation sites excluding steroid dienone is 1. The van der Waals surface area contributed by atoms with E-state index in [0.717, 1.165) is 94.2 Å². The first-order valence-electron chi connectivity index (χ1n) is 20.8. The number of piperazine rings is 1. The van der Waals surface area contributed by atoms with Crippen molar-refractivity contribution in [1.29, 1.82) is 0 Å². The number of rotatable bonds is 8. The number of fused-ring (bicyclic) bond motifs is 4. The molecule has 1 atom stereocenters. The van der Waals surface area contributed by atoms with Gasteiger partial charge in [0.05, 0.1) is 10.9 Å². The zero-order chi connectivity index (χ0) is 37.9. The predicted molar refractivity (Wildman–Crippen MR) is 215 cm³/mol. The number of H-pyrrole nitrogens is 1. The van der Waals surface area contributed by atoms with Crippen molar-refractivity contribution < 1.29 is 18.8 Å². The van der Waals surface area contributed by atoms with E-state index in [9.17, 15) is 18.8 Å². The minimum Gasteiger partial charge on any atom is -0.372 e. The van der Waals surface area contributed by atoms with Crippen molar-refractivity contribution in [2.45, 2.75) is 76.8 Å². The first-order valence-corrected chi connectivity index (χ1v) is 20.8. The Hall–Kier alpha value is -5.03. The number of amides is 3. The van der Waals surface area contributed by atoms with E-state index in [2.05, 4.69) is 66.6 Å². The van der Waals surface area contributed by atoms with Crippen LogP contribution in [0.25, 0.3) is 16.5 Å². The maximum absolute atomic E-state index is 15.0. The second-order valence-electron chi connectivity index (χ2n) is 17.0. The third kappa shape index (κ3) is 6.67. The lowest BCUT2D eigenvalue weighted by atomic mass is 9.87. The van der Waals surface area contributed by atoms with E-state index >= 15 is 0 Å².